The Morgan fingerprint density at radius 2 is 1.79 bits per heavy atom. The van der Waals surface area contributed by atoms with Crippen LogP contribution in [0.15, 0.2) is 60.7 Å². The maximum Gasteiger partial charge on any atom is 0.270 e. The quantitative estimate of drug-likeness (QED) is 0.678. The number of hydrogen-bond acceptors (Lipinski definition) is 5. The van der Waals surface area contributed by atoms with E-state index in [2.05, 4.69) is 15.3 Å². The summed E-state index contributed by atoms with van der Waals surface area (Å²) in [7, 11) is 1.63. The van der Waals surface area contributed by atoms with Crippen molar-refractivity contribution in [3.05, 3.63) is 77.6 Å². The number of nitrogens with zero attached hydrogens (tertiary/aromatic N) is 3. The Bertz CT molecular complexity index is 927. The smallest absolute Gasteiger partial charge is 0.270 e. The summed E-state index contributed by atoms with van der Waals surface area (Å²) < 4.78 is 5.15. The number of anilines is 2. The minimum absolute atomic E-state index is 0.230. The van der Waals surface area contributed by atoms with Gasteiger partial charge in [0.05, 0.1) is 7.11 Å². The summed E-state index contributed by atoms with van der Waals surface area (Å²) in [6.45, 7) is 5.00. The molecular formula is C22H24N4O2. The largest absolute Gasteiger partial charge is 0.497 e. The summed E-state index contributed by atoms with van der Waals surface area (Å²) in [5.74, 6) is 1.07. The van der Waals surface area contributed by atoms with Crippen molar-refractivity contribution in [2.45, 2.75) is 20.4 Å². The van der Waals surface area contributed by atoms with E-state index in [9.17, 15) is 4.79 Å². The van der Waals surface area contributed by atoms with Gasteiger partial charge in [-0.2, -0.15) is 0 Å². The maximum atomic E-state index is 12.6. The molecule has 3 rings (SSSR count). The molecule has 0 bridgehead atoms. The van der Waals surface area contributed by atoms with E-state index in [1.807, 2.05) is 73.3 Å². The van der Waals surface area contributed by atoms with E-state index in [0.29, 0.717) is 24.7 Å². The number of rotatable bonds is 7. The number of nitrogens with one attached hydrogen (secondary N) is 1. The molecule has 0 aliphatic rings. The van der Waals surface area contributed by atoms with Crippen LogP contribution >= 0.6 is 0 Å². The lowest BCUT2D eigenvalue weighted by atomic mass is 10.2. The van der Waals surface area contributed by atoms with Crippen molar-refractivity contribution in [3.8, 4) is 5.75 Å². The van der Waals surface area contributed by atoms with Gasteiger partial charge in [-0.1, -0.05) is 30.3 Å². The zero-order chi connectivity index (χ0) is 19.9. The first-order chi connectivity index (χ1) is 13.6. The molecule has 1 heterocycles. The Morgan fingerprint density at radius 3 is 2.43 bits per heavy atom. The number of benzene rings is 2. The third-order valence-electron chi connectivity index (χ3n) is 4.31. The van der Waals surface area contributed by atoms with Gasteiger partial charge in [0.1, 0.15) is 11.4 Å². The monoisotopic (exact) mass is 376 g/mol. The van der Waals surface area contributed by atoms with Gasteiger partial charge >= 0.3 is 0 Å². The predicted octanol–water partition coefficient (Wildman–Crippen LogP) is 3.88. The van der Waals surface area contributed by atoms with Crippen LogP contribution in [0.2, 0.25) is 0 Å². The molecule has 1 amide bonds. The Balaban J connectivity index is 1.77. The molecule has 0 aliphatic heterocycles. The fraction of sp³-hybridized carbons (Fsp3) is 0.227. The second kappa shape index (κ2) is 8.99. The molecule has 0 aliphatic carbocycles. The molecule has 0 saturated carbocycles. The van der Waals surface area contributed by atoms with Gasteiger partial charge in [-0.15, -0.1) is 0 Å². The number of para-hydroxylation sites is 1. The average Bonchev–Trinajstić information content (AvgIpc) is 2.73. The van der Waals surface area contributed by atoms with E-state index in [0.717, 1.165) is 22.7 Å². The van der Waals surface area contributed by atoms with Crippen LogP contribution in [0.4, 0.5) is 11.6 Å². The normalized spacial score (nSPS) is 10.4. The standard InChI is InChI=1S/C22H24N4O2/c1-4-26(18-8-6-5-7-9-18)22-24-16(2)14-20(25-22)21(27)23-15-17-10-12-19(28-3)13-11-17/h5-14H,4,15H2,1-3H3,(H,23,27). The minimum Gasteiger partial charge on any atom is -0.497 e. The van der Waals surface area contributed by atoms with Crippen molar-refractivity contribution in [1.29, 1.82) is 0 Å². The molecule has 6 nitrogen and oxygen atoms in total. The number of aryl methyl sites for hydroxylation is 1. The molecule has 1 N–H and O–H groups in total. The number of carbonyl (C=O) groups excluding carboxylic acids is 1. The lowest BCUT2D eigenvalue weighted by molar-refractivity contribution is 0.0945. The fourth-order valence-electron chi connectivity index (χ4n) is 2.85. The summed E-state index contributed by atoms with van der Waals surface area (Å²) in [4.78, 5) is 23.7. The number of methoxy groups -OCH3 is 1. The van der Waals surface area contributed by atoms with E-state index in [4.69, 9.17) is 4.74 Å². The maximum absolute atomic E-state index is 12.6. The first-order valence-corrected chi connectivity index (χ1v) is 9.20. The van der Waals surface area contributed by atoms with E-state index in [1.54, 1.807) is 13.2 Å². The van der Waals surface area contributed by atoms with E-state index in [1.165, 1.54) is 0 Å². The van der Waals surface area contributed by atoms with Gasteiger partial charge in [0.2, 0.25) is 5.95 Å². The van der Waals surface area contributed by atoms with Crippen LogP contribution in [-0.2, 0) is 6.54 Å². The third kappa shape index (κ3) is 4.65. The molecule has 28 heavy (non-hydrogen) atoms. The van der Waals surface area contributed by atoms with Gasteiger partial charge in [0.25, 0.3) is 5.91 Å². The zero-order valence-electron chi connectivity index (χ0n) is 16.3. The van der Waals surface area contributed by atoms with Crippen LogP contribution in [0, 0.1) is 6.92 Å². The van der Waals surface area contributed by atoms with Crippen molar-refractivity contribution >= 4 is 17.5 Å². The molecule has 0 fully saturated rings. The van der Waals surface area contributed by atoms with Crippen LogP contribution in [-0.4, -0.2) is 29.5 Å². The lowest BCUT2D eigenvalue weighted by Gasteiger charge is -2.21. The second-order valence-corrected chi connectivity index (χ2v) is 6.31. The number of carbonyl (C=O) groups is 1. The Kier molecular flexibility index (Phi) is 6.22. The van der Waals surface area contributed by atoms with Gasteiger partial charge in [-0.3, -0.25) is 4.79 Å². The molecule has 2 aromatic carbocycles. The van der Waals surface area contributed by atoms with Crippen molar-refractivity contribution in [2.24, 2.45) is 0 Å². The van der Waals surface area contributed by atoms with E-state index >= 15 is 0 Å². The summed E-state index contributed by atoms with van der Waals surface area (Å²) >= 11 is 0. The summed E-state index contributed by atoms with van der Waals surface area (Å²) in [5.41, 5.74) is 3.07. The Morgan fingerprint density at radius 1 is 1.07 bits per heavy atom. The zero-order valence-corrected chi connectivity index (χ0v) is 16.3. The molecule has 0 atom stereocenters. The fourth-order valence-corrected chi connectivity index (χ4v) is 2.85. The van der Waals surface area contributed by atoms with Gasteiger partial charge in [0, 0.05) is 24.5 Å². The Labute approximate surface area is 165 Å². The van der Waals surface area contributed by atoms with Crippen molar-refractivity contribution < 1.29 is 9.53 Å². The SMILES string of the molecule is CCN(c1ccccc1)c1nc(C)cc(C(=O)NCc2ccc(OC)cc2)n1. The molecule has 0 spiro atoms. The van der Waals surface area contributed by atoms with Crippen LogP contribution in [0.25, 0.3) is 0 Å². The van der Waals surface area contributed by atoms with Crippen molar-refractivity contribution in [1.82, 2.24) is 15.3 Å². The molecule has 0 radical (unpaired) electrons. The molecule has 0 unspecified atom stereocenters. The highest BCUT2D eigenvalue weighted by atomic mass is 16.5. The second-order valence-electron chi connectivity index (χ2n) is 6.31. The summed E-state index contributed by atoms with van der Waals surface area (Å²) in [6, 6.07) is 19.2. The van der Waals surface area contributed by atoms with Gasteiger partial charge in [-0.25, -0.2) is 9.97 Å². The molecule has 144 valence electrons. The van der Waals surface area contributed by atoms with Crippen molar-refractivity contribution in [2.75, 3.05) is 18.6 Å². The predicted molar refractivity (Wildman–Crippen MR) is 110 cm³/mol. The first-order valence-electron chi connectivity index (χ1n) is 9.20. The van der Waals surface area contributed by atoms with Crippen LogP contribution in [0.3, 0.4) is 0 Å². The Hall–Kier alpha value is -3.41. The van der Waals surface area contributed by atoms with E-state index < -0.39 is 0 Å². The highest BCUT2D eigenvalue weighted by Crippen LogP contribution is 2.22. The minimum atomic E-state index is -0.230. The number of amides is 1. The summed E-state index contributed by atoms with van der Waals surface area (Å²) in [5, 5.41) is 2.92. The third-order valence-corrected chi connectivity index (χ3v) is 4.31. The molecule has 3 aromatic rings. The molecular weight excluding hydrogens is 352 g/mol. The van der Waals surface area contributed by atoms with E-state index in [-0.39, 0.29) is 5.91 Å². The first kappa shape index (κ1) is 19.4. The van der Waals surface area contributed by atoms with Crippen LogP contribution in [0.1, 0.15) is 28.7 Å². The number of hydrogen-bond donors (Lipinski definition) is 1. The van der Waals surface area contributed by atoms with Gasteiger partial charge < -0.3 is 15.0 Å². The highest BCUT2D eigenvalue weighted by Gasteiger charge is 2.15. The number of aromatic nitrogens is 2. The average molecular weight is 376 g/mol. The lowest BCUT2D eigenvalue weighted by Crippen LogP contribution is -2.26. The summed E-state index contributed by atoms with van der Waals surface area (Å²) in [6.07, 6.45) is 0. The van der Waals surface area contributed by atoms with Gasteiger partial charge in [-0.05, 0) is 49.7 Å². The number of ether oxygens (including phenoxy) is 1. The topological polar surface area (TPSA) is 67.4 Å². The highest BCUT2D eigenvalue weighted by molar-refractivity contribution is 5.92. The van der Waals surface area contributed by atoms with Crippen molar-refractivity contribution in [3.63, 3.8) is 0 Å². The molecule has 6 heteroatoms. The van der Waals surface area contributed by atoms with Gasteiger partial charge in [0.15, 0.2) is 0 Å². The van der Waals surface area contributed by atoms with Crippen LogP contribution < -0.4 is 15.0 Å². The van der Waals surface area contributed by atoms with Crippen LogP contribution in [0.5, 0.6) is 5.75 Å². The molecule has 0 saturated heterocycles. The molecule has 1 aromatic heterocycles.